The maximum Gasteiger partial charge on any atom is 0.338 e. The van der Waals surface area contributed by atoms with Crippen LogP contribution in [0.4, 0.5) is 0 Å². The van der Waals surface area contributed by atoms with Crippen molar-refractivity contribution in [2.75, 3.05) is 7.11 Å². The lowest BCUT2D eigenvalue weighted by Gasteiger charge is -2.27. The SMILES string of the molecule is CO[C@H]1[C@H](n2ccc(=O)[nH]c2=O)O[C@]2(C)C(OC(=O)c3ccccc3)[C@]12N. The second kappa shape index (κ2) is 5.88. The number of nitrogens with two attached hydrogens (primary N) is 1. The van der Waals surface area contributed by atoms with E-state index in [1.165, 1.54) is 23.9 Å². The molecule has 0 radical (unpaired) electrons. The van der Waals surface area contributed by atoms with Crippen LogP contribution in [-0.2, 0) is 14.2 Å². The molecule has 9 heteroatoms. The molecule has 1 unspecified atom stereocenters. The van der Waals surface area contributed by atoms with E-state index in [1.54, 1.807) is 37.3 Å². The monoisotopic (exact) mass is 373 g/mol. The van der Waals surface area contributed by atoms with Crippen molar-refractivity contribution in [3.05, 3.63) is 69.0 Å². The molecule has 2 fully saturated rings. The van der Waals surface area contributed by atoms with Crippen molar-refractivity contribution < 1.29 is 19.0 Å². The predicted molar refractivity (Wildman–Crippen MR) is 93.2 cm³/mol. The van der Waals surface area contributed by atoms with Crippen molar-refractivity contribution in [1.82, 2.24) is 9.55 Å². The first-order chi connectivity index (χ1) is 12.8. The molecule has 142 valence electrons. The number of aromatic amines is 1. The minimum atomic E-state index is -1.13. The number of carbonyl (C=O) groups excluding carboxylic acids is 1. The van der Waals surface area contributed by atoms with Gasteiger partial charge in [-0.1, -0.05) is 18.2 Å². The Morgan fingerprint density at radius 2 is 1.96 bits per heavy atom. The second-order valence-electron chi connectivity index (χ2n) is 6.87. The van der Waals surface area contributed by atoms with Crippen LogP contribution in [-0.4, -0.2) is 46.0 Å². The molecule has 2 aromatic rings. The van der Waals surface area contributed by atoms with Gasteiger partial charge in [-0.15, -0.1) is 0 Å². The maximum atomic E-state index is 12.4. The Bertz CT molecular complexity index is 1000. The number of benzene rings is 1. The van der Waals surface area contributed by atoms with Crippen LogP contribution >= 0.6 is 0 Å². The van der Waals surface area contributed by atoms with Crippen molar-refractivity contribution >= 4 is 5.97 Å². The zero-order chi connectivity index (χ0) is 19.4. The molecular formula is C18H19N3O6. The van der Waals surface area contributed by atoms with E-state index >= 15 is 0 Å². The van der Waals surface area contributed by atoms with Gasteiger partial charge in [0, 0.05) is 19.4 Å². The summed E-state index contributed by atoms with van der Waals surface area (Å²) in [7, 11) is 1.44. The molecule has 5 atom stereocenters. The van der Waals surface area contributed by atoms with Gasteiger partial charge in [-0.3, -0.25) is 14.3 Å². The summed E-state index contributed by atoms with van der Waals surface area (Å²) < 4.78 is 18.3. The molecular weight excluding hydrogens is 354 g/mol. The number of ether oxygens (including phenoxy) is 3. The van der Waals surface area contributed by atoms with E-state index in [2.05, 4.69) is 4.98 Å². The van der Waals surface area contributed by atoms with Crippen molar-refractivity contribution in [2.45, 2.75) is 36.5 Å². The predicted octanol–water partition coefficient (Wildman–Crippen LogP) is -0.224. The Balaban J connectivity index is 1.61. The fourth-order valence-electron chi connectivity index (χ4n) is 3.85. The molecule has 1 saturated heterocycles. The van der Waals surface area contributed by atoms with E-state index in [-0.39, 0.29) is 0 Å². The highest BCUT2D eigenvalue weighted by Gasteiger charge is 2.86. The number of aromatic nitrogens is 2. The number of fused-ring (bicyclic) bond motifs is 1. The molecule has 0 bridgehead atoms. The lowest BCUT2D eigenvalue weighted by molar-refractivity contribution is -0.113. The van der Waals surface area contributed by atoms with Gasteiger partial charge in [0.25, 0.3) is 5.56 Å². The van der Waals surface area contributed by atoms with Gasteiger partial charge in [0.1, 0.15) is 17.2 Å². The van der Waals surface area contributed by atoms with Gasteiger partial charge in [0.2, 0.25) is 0 Å². The van der Waals surface area contributed by atoms with Crippen molar-refractivity contribution in [3.63, 3.8) is 0 Å². The first-order valence-corrected chi connectivity index (χ1v) is 8.40. The molecule has 9 nitrogen and oxygen atoms in total. The summed E-state index contributed by atoms with van der Waals surface area (Å²) in [6.07, 6.45) is -1.04. The fraction of sp³-hybridized carbons (Fsp3) is 0.389. The topological polar surface area (TPSA) is 126 Å². The first kappa shape index (κ1) is 17.7. The highest BCUT2D eigenvalue weighted by molar-refractivity contribution is 5.89. The number of hydrogen-bond donors (Lipinski definition) is 2. The van der Waals surface area contributed by atoms with Crippen molar-refractivity contribution in [1.29, 1.82) is 0 Å². The number of nitrogens with zero attached hydrogens (tertiary/aromatic N) is 1. The highest BCUT2D eigenvalue weighted by Crippen LogP contribution is 2.62. The average molecular weight is 373 g/mol. The van der Waals surface area contributed by atoms with Gasteiger partial charge in [-0.05, 0) is 19.1 Å². The molecule has 1 aliphatic carbocycles. The standard InChI is InChI=1S/C18H19N3O6/c1-17-15(26-14(23)10-6-4-3-5-7-10)18(17,19)12(25-2)13(27-17)21-9-8-11(22)20-16(21)24/h3-9,12-13,15H,19H2,1-2H3,(H,20,22,24)/t12-,13+,15?,17+,18+/m0/s1. The summed E-state index contributed by atoms with van der Waals surface area (Å²) in [6, 6.07) is 9.76. The van der Waals surface area contributed by atoms with Crippen LogP contribution in [0.25, 0.3) is 0 Å². The molecule has 3 N–H and O–H groups in total. The van der Waals surface area contributed by atoms with E-state index in [4.69, 9.17) is 19.9 Å². The van der Waals surface area contributed by atoms with Crippen LogP contribution in [0.15, 0.2) is 52.2 Å². The van der Waals surface area contributed by atoms with Gasteiger partial charge in [0.15, 0.2) is 12.3 Å². The smallest absolute Gasteiger partial charge is 0.338 e. The summed E-state index contributed by atoms with van der Waals surface area (Å²) in [5, 5.41) is 0. The number of methoxy groups -OCH3 is 1. The molecule has 1 aliphatic heterocycles. The van der Waals surface area contributed by atoms with Gasteiger partial charge in [-0.25, -0.2) is 9.59 Å². The lowest BCUT2D eigenvalue weighted by atomic mass is 10.1. The molecule has 27 heavy (non-hydrogen) atoms. The van der Waals surface area contributed by atoms with Crippen molar-refractivity contribution in [2.24, 2.45) is 5.73 Å². The summed E-state index contributed by atoms with van der Waals surface area (Å²) in [4.78, 5) is 38.0. The molecule has 2 aliphatic rings. The van der Waals surface area contributed by atoms with Crippen LogP contribution in [0.5, 0.6) is 0 Å². The van der Waals surface area contributed by atoms with Crippen LogP contribution in [0.1, 0.15) is 23.5 Å². The third kappa shape index (κ3) is 2.39. The van der Waals surface area contributed by atoms with E-state index < -0.39 is 46.8 Å². The maximum absolute atomic E-state index is 12.4. The lowest BCUT2D eigenvalue weighted by Crippen LogP contribution is -2.48. The third-order valence-corrected chi connectivity index (χ3v) is 5.42. The Kier molecular flexibility index (Phi) is 3.84. The summed E-state index contributed by atoms with van der Waals surface area (Å²) in [5.74, 6) is -0.516. The molecule has 1 saturated carbocycles. The van der Waals surface area contributed by atoms with Crippen molar-refractivity contribution in [3.8, 4) is 0 Å². The number of nitrogens with one attached hydrogen (secondary N) is 1. The molecule has 0 spiro atoms. The van der Waals surface area contributed by atoms with E-state index in [0.29, 0.717) is 5.56 Å². The second-order valence-corrected chi connectivity index (χ2v) is 6.87. The minimum Gasteiger partial charge on any atom is -0.453 e. The normalized spacial score (nSPS) is 34.1. The summed E-state index contributed by atoms with van der Waals surface area (Å²) in [6.45, 7) is 1.71. The number of rotatable bonds is 4. The molecule has 1 aromatic carbocycles. The first-order valence-electron chi connectivity index (χ1n) is 8.40. The van der Waals surface area contributed by atoms with Gasteiger partial charge < -0.3 is 19.9 Å². The van der Waals surface area contributed by atoms with Crippen LogP contribution in [0.2, 0.25) is 0 Å². The van der Waals surface area contributed by atoms with Gasteiger partial charge in [-0.2, -0.15) is 0 Å². The fourth-order valence-corrected chi connectivity index (χ4v) is 3.85. The van der Waals surface area contributed by atoms with Crippen LogP contribution < -0.4 is 17.0 Å². The van der Waals surface area contributed by atoms with Crippen LogP contribution in [0.3, 0.4) is 0 Å². The van der Waals surface area contributed by atoms with Gasteiger partial charge >= 0.3 is 11.7 Å². The Morgan fingerprint density at radius 3 is 2.59 bits per heavy atom. The molecule has 0 amide bonds. The molecule has 2 heterocycles. The van der Waals surface area contributed by atoms with Gasteiger partial charge in [0.05, 0.1) is 5.56 Å². The van der Waals surface area contributed by atoms with E-state index in [1.807, 2.05) is 0 Å². The number of carbonyl (C=O) groups is 1. The number of hydrogen-bond acceptors (Lipinski definition) is 7. The average Bonchev–Trinajstić information content (AvgIpc) is 2.98. The zero-order valence-corrected chi connectivity index (χ0v) is 14.7. The van der Waals surface area contributed by atoms with E-state index in [9.17, 15) is 14.4 Å². The third-order valence-electron chi connectivity index (χ3n) is 5.42. The summed E-state index contributed by atoms with van der Waals surface area (Å²) >= 11 is 0. The van der Waals surface area contributed by atoms with Crippen LogP contribution in [0, 0.1) is 0 Å². The zero-order valence-electron chi connectivity index (χ0n) is 14.7. The number of esters is 1. The van der Waals surface area contributed by atoms with E-state index in [0.717, 1.165) is 0 Å². The Morgan fingerprint density at radius 1 is 1.26 bits per heavy atom. The minimum absolute atomic E-state index is 0.400. The summed E-state index contributed by atoms with van der Waals surface area (Å²) in [5.41, 5.74) is 3.59. The molecule has 1 aromatic heterocycles. The number of H-pyrrole nitrogens is 1. The largest absolute Gasteiger partial charge is 0.453 e. The Hall–Kier alpha value is -2.75. The Labute approximate surface area is 153 Å². The molecule has 4 rings (SSSR count). The quantitative estimate of drug-likeness (QED) is 0.710. The highest BCUT2D eigenvalue weighted by atomic mass is 16.6.